The molecule has 64 valence electrons. The second-order valence-electron chi connectivity index (χ2n) is 2.34. The zero-order valence-corrected chi connectivity index (χ0v) is 7.52. The van der Waals surface area contributed by atoms with Crippen LogP contribution in [0.4, 0.5) is 5.69 Å². The lowest BCUT2D eigenvalue weighted by Crippen LogP contribution is -2.12. The number of anilines is 1. The van der Waals surface area contributed by atoms with Crippen LogP contribution >= 0.6 is 11.8 Å². The maximum atomic E-state index is 5.09. The minimum Gasteiger partial charge on any atom is -0.479 e. The number of thioether (sulfide) groups is 1. The van der Waals surface area contributed by atoms with Gasteiger partial charge in [-0.15, -0.1) is 11.8 Å². The summed E-state index contributed by atoms with van der Waals surface area (Å²) in [4.78, 5) is 8.14. The molecule has 0 fully saturated rings. The average Bonchev–Trinajstić information content (AvgIpc) is 2.17. The van der Waals surface area contributed by atoms with E-state index in [1.165, 1.54) is 6.33 Å². The Bertz CT molecular complexity index is 278. The third-order valence-electron chi connectivity index (χ3n) is 1.61. The van der Waals surface area contributed by atoms with E-state index < -0.39 is 0 Å². The van der Waals surface area contributed by atoms with Crippen molar-refractivity contribution in [2.75, 3.05) is 24.7 Å². The van der Waals surface area contributed by atoms with Crippen molar-refractivity contribution < 1.29 is 4.74 Å². The minimum absolute atomic E-state index is 0.632. The average molecular weight is 183 g/mol. The molecule has 0 unspecified atom stereocenters. The fraction of sp³-hybridized carbons (Fsp3) is 0.429. The van der Waals surface area contributed by atoms with Gasteiger partial charge in [-0.05, 0) is 0 Å². The highest BCUT2D eigenvalue weighted by Crippen LogP contribution is 2.33. The second-order valence-corrected chi connectivity index (χ2v) is 3.42. The van der Waals surface area contributed by atoms with Crippen LogP contribution in [-0.4, -0.2) is 29.4 Å². The first-order valence-corrected chi connectivity index (χ1v) is 4.66. The highest BCUT2D eigenvalue weighted by atomic mass is 32.2. The zero-order valence-electron chi connectivity index (χ0n) is 6.70. The van der Waals surface area contributed by atoms with E-state index in [0.717, 1.165) is 23.0 Å². The van der Waals surface area contributed by atoms with Gasteiger partial charge in [0.2, 0.25) is 5.88 Å². The van der Waals surface area contributed by atoms with Crippen LogP contribution in [0, 0.1) is 0 Å². The SMILES string of the molecule is COc1ncnc2c1NCCS2. The Labute approximate surface area is 74.7 Å². The number of methoxy groups -OCH3 is 1. The van der Waals surface area contributed by atoms with Gasteiger partial charge in [-0.3, -0.25) is 0 Å². The fourth-order valence-electron chi connectivity index (χ4n) is 1.09. The molecule has 1 aliphatic heterocycles. The summed E-state index contributed by atoms with van der Waals surface area (Å²) in [5.74, 6) is 1.68. The Balaban J connectivity index is 2.44. The van der Waals surface area contributed by atoms with E-state index >= 15 is 0 Å². The molecule has 0 atom stereocenters. The summed E-state index contributed by atoms with van der Waals surface area (Å²) in [6, 6.07) is 0. The Hall–Kier alpha value is -0.970. The van der Waals surface area contributed by atoms with Crippen molar-refractivity contribution >= 4 is 17.4 Å². The summed E-state index contributed by atoms with van der Waals surface area (Å²) in [6.45, 7) is 0.946. The van der Waals surface area contributed by atoms with Crippen LogP contribution in [0.1, 0.15) is 0 Å². The number of hydrogen-bond donors (Lipinski definition) is 1. The van der Waals surface area contributed by atoms with Crippen molar-refractivity contribution in [3.8, 4) is 5.88 Å². The van der Waals surface area contributed by atoms with Crippen molar-refractivity contribution in [1.82, 2.24) is 9.97 Å². The van der Waals surface area contributed by atoms with Crippen LogP contribution in [0.3, 0.4) is 0 Å². The smallest absolute Gasteiger partial charge is 0.241 e. The standard InChI is InChI=1S/C7H9N3OS/c1-11-6-5-7(10-4-9-6)12-3-2-8-5/h4,8H,2-3H2,1H3. The van der Waals surface area contributed by atoms with E-state index in [2.05, 4.69) is 15.3 Å². The molecule has 0 aliphatic carbocycles. The number of fused-ring (bicyclic) bond motifs is 1. The molecule has 4 nitrogen and oxygen atoms in total. The van der Waals surface area contributed by atoms with Crippen LogP contribution in [0.2, 0.25) is 0 Å². The first kappa shape index (κ1) is 7.67. The van der Waals surface area contributed by atoms with Crippen molar-refractivity contribution in [2.24, 2.45) is 0 Å². The molecule has 0 aromatic carbocycles. The molecule has 1 aromatic heterocycles. The normalized spacial score (nSPS) is 14.8. The Kier molecular flexibility index (Phi) is 2.03. The van der Waals surface area contributed by atoms with E-state index in [1.807, 2.05) is 0 Å². The summed E-state index contributed by atoms with van der Waals surface area (Å²) in [7, 11) is 1.61. The number of nitrogens with one attached hydrogen (secondary N) is 1. The van der Waals surface area contributed by atoms with Crippen LogP contribution in [0.25, 0.3) is 0 Å². The molecule has 0 radical (unpaired) electrons. The molecular formula is C7H9N3OS. The van der Waals surface area contributed by atoms with Gasteiger partial charge < -0.3 is 10.1 Å². The zero-order chi connectivity index (χ0) is 8.39. The monoisotopic (exact) mass is 183 g/mol. The molecule has 1 N–H and O–H groups in total. The van der Waals surface area contributed by atoms with Gasteiger partial charge in [0.25, 0.3) is 0 Å². The number of ether oxygens (including phenoxy) is 1. The van der Waals surface area contributed by atoms with Gasteiger partial charge in [-0.25, -0.2) is 4.98 Å². The molecule has 0 saturated heterocycles. The molecule has 2 rings (SSSR count). The quantitative estimate of drug-likeness (QED) is 0.658. The molecular weight excluding hydrogens is 174 g/mol. The Morgan fingerprint density at radius 2 is 2.50 bits per heavy atom. The lowest BCUT2D eigenvalue weighted by molar-refractivity contribution is 0.397. The number of aromatic nitrogens is 2. The van der Waals surface area contributed by atoms with Gasteiger partial charge in [0.05, 0.1) is 7.11 Å². The first-order valence-electron chi connectivity index (χ1n) is 3.67. The Morgan fingerprint density at radius 1 is 1.58 bits per heavy atom. The van der Waals surface area contributed by atoms with Crippen molar-refractivity contribution in [2.45, 2.75) is 5.03 Å². The first-order chi connectivity index (χ1) is 5.92. The predicted octanol–water partition coefficient (Wildman–Crippen LogP) is 1.00. The van der Waals surface area contributed by atoms with Crippen molar-refractivity contribution in [3.05, 3.63) is 6.33 Å². The van der Waals surface area contributed by atoms with Crippen LogP contribution in [0.5, 0.6) is 5.88 Å². The highest BCUT2D eigenvalue weighted by molar-refractivity contribution is 7.99. The largest absolute Gasteiger partial charge is 0.479 e. The van der Waals surface area contributed by atoms with Gasteiger partial charge in [-0.2, -0.15) is 4.98 Å². The molecule has 0 saturated carbocycles. The number of rotatable bonds is 1. The van der Waals surface area contributed by atoms with Gasteiger partial charge >= 0.3 is 0 Å². The fourth-order valence-corrected chi connectivity index (χ4v) is 1.92. The van der Waals surface area contributed by atoms with Crippen molar-refractivity contribution in [1.29, 1.82) is 0 Å². The maximum absolute atomic E-state index is 5.09. The van der Waals surface area contributed by atoms with Crippen molar-refractivity contribution in [3.63, 3.8) is 0 Å². The van der Waals surface area contributed by atoms with Crippen LogP contribution in [0.15, 0.2) is 11.4 Å². The summed E-state index contributed by atoms with van der Waals surface area (Å²) in [6.07, 6.45) is 1.53. The highest BCUT2D eigenvalue weighted by Gasteiger charge is 2.15. The lowest BCUT2D eigenvalue weighted by atomic mass is 10.5. The summed E-state index contributed by atoms with van der Waals surface area (Å²) < 4.78 is 5.09. The van der Waals surface area contributed by atoms with Gasteiger partial charge in [-0.1, -0.05) is 0 Å². The van der Waals surface area contributed by atoms with E-state index in [9.17, 15) is 0 Å². The third-order valence-corrected chi connectivity index (χ3v) is 2.60. The molecule has 5 heteroatoms. The predicted molar refractivity (Wildman–Crippen MR) is 47.8 cm³/mol. The molecule has 0 spiro atoms. The van der Waals surface area contributed by atoms with Gasteiger partial charge in [0.1, 0.15) is 17.0 Å². The van der Waals surface area contributed by atoms with E-state index in [-0.39, 0.29) is 0 Å². The number of nitrogens with zero attached hydrogens (tertiary/aromatic N) is 2. The summed E-state index contributed by atoms with van der Waals surface area (Å²) >= 11 is 1.72. The lowest BCUT2D eigenvalue weighted by Gasteiger charge is -2.17. The topological polar surface area (TPSA) is 47.0 Å². The molecule has 12 heavy (non-hydrogen) atoms. The Morgan fingerprint density at radius 3 is 3.33 bits per heavy atom. The summed E-state index contributed by atoms with van der Waals surface area (Å²) in [5, 5.41) is 4.19. The molecule has 0 amide bonds. The van der Waals surface area contributed by atoms with Gasteiger partial charge in [0.15, 0.2) is 0 Å². The van der Waals surface area contributed by atoms with E-state index in [4.69, 9.17) is 4.74 Å². The minimum atomic E-state index is 0.632. The maximum Gasteiger partial charge on any atom is 0.241 e. The third kappa shape index (κ3) is 1.20. The van der Waals surface area contributed by atoms with E-state index in [0.29, 0.717) is 5.88 Å². The molecule has 2 heterocycles. The molecule has 1 aliphatic rings. The number of hydrogen-bond acceptors (Lipinski definition) is 5. The summed E-state index contributed by atoms with van der Waals surface area (Å²) in [5.41, 5.74) is 0.927. The molecule has 1 aromatic rings. The second kappa shape index (κ2) is 3.18. The van der Waals surface area contributed by atoms with E-state index in [1.54, 1.807) is 18.9 Å². The molecule has 0 bridgehead atoms. The van der Waals surface area contributed by atoms with Gasteiger partial charge in [0, 0.05) is 12.3 Å². The van der Waals surface area contributed by atoms with Crippen LogP contribution in [-0.2, 0) is 0 Å². The van der Waals surface area contributed by atoms with Crippen LogP contribution < -0.4 is 10.1 Å².